The Morgan fingerprint density at radius 3 is 2.87 bits per heavy atom. The van der Waals surface area contributed by atoms with Gasteiger partial charge in [-0.15, -0.1) is 10.2 Å². The number of H-pyrrole nitrogens is 1. The van der Waals surface area contributed by atoms with Gasteiger partial charge in [0, 0.05) is 11.1 Å². The minimum atomic E-state index is -0.362. The fraction of sp³-hybridized carbons (Fsp3) is 0.125. The number of tetrazole rings is 1. The zero-order valence-corrected chi connectivity index (χ0v) is 12.4. The summed E-state index contributed by atoms with van der Waals surface area (Å²) in [5.74, 6) is 0.613. The van der Waals surface area contributed by atoms with E-state index in [1.54, 1.807) is 36.4 Å². The van der Waals surface area contributed by atoms with Crippen molar-refractivity contribution in [2.75, 3.05) is 6.61 Å². The van der Waals surface area contributed by atoms with E-state index in [9.17, 15) is 5.11 Å². The molecular weight excluding hydrogens is 294 g/mol. The Hall–Kier alpha value is -3.22. The molecule has 116 valence electrons. The van der Waals surface area contributed by atoms with E-state index in [2.05, 4.69) is 25.6 Å². The lowest BCUT2D eigenvalue weighted by Crippen LogP contribution is -2.19. The van der Waals surface area contributed by atoms with Crippen molar-refractivity contribution in [2.24, 2.45) is 4.99 Å². The molecule has 0 spiro atoms. The SMILES string of the molecule is CCOc1ccccc1C([O-])=Nc1cccc(-c2nn[nH]n2)c1. The third-order valence-electron chi connectivity index (χ3n) is 3.10. The Bertz CT molecular complexity index is 815. The van der Waals surface area contributed by atoms with Crippen molar-refractivity contribution in [1.29, 1.82) is 0 Å². The Morgan fingerprint density at radius 1 is 1.22 bits per heavy atom. The van der Waals surface area contributed by atoms with Crippen LogP contribution in [0, 0.1) is 0 Å². The molecule has 0 amide bonds. The summed E-state index contributed by atoms with van der Waals surface area (Å²) in [7, 11) is 0. The van der Waals surface area contributed by atoms with Crippen LogP contribution in [0.15, 0.2) is 53.5 Å². The number of ether oxygens (including phenoxy) is 1. The van der Waals surface area contributed by atoms with Crippen molar-refractivity contribution in [3.05, 3.63) is 54.1 Å². The molecule has 0 atom stereocenters. The highest BCUT2D eigenvalue weighted by molar-refractivity contribution is 5.95. The van der Waals surface area contributed by atoms with Gasteiger partial charge in [-0.3, -0.25) is 4.99 Å². The topological polar surface area (TPSA) is 99.1 Å². The van der Waals surface area contributed by atoms with Crippen LogP contribution in [0.3, 0.4) is 0 Å². The van der Waals surface area contributed by atoms with Crippen molar-refractivity contribution < 1.29 is 9.84 Å². The number of hydrogen-bond acceptors (Lipinski definition) is 6. The quantitative estimate of drug-likeness (QED) is 0.571. The van der Waals surface area contributed by atoms with Crippen molar-refractivity contribution in [3.8, 4) is 17.1 Å². The standard InChI is InChI=1S/C16H15N5O2/c1-2-23-14-9-4-3-8-13(14)16(22)17-12-7-5-6-11(10-12)15-18-20-21-19-15/h3-10H,2H2,1H3,(H,17,22)(H,18,19,20,21)/p-1. The van der Waals surface area contributed by atoms with Crippen molar-refractivity contribution in [3.63, 3.8) is 0 Å². The van der Waals surface area contributed by atoms with Crippen molar-refractivity contribution in [2.45, 2.75) is 6.92 Å². The largest absolute Gasteiger partial charge is 0.858 e. The summed E-state index contributed by atoms with van der Waals surface area (Å²) in [6, 6.07) is 14.1. The second kappa shape index (κ2) is 6.69. The number of aromatic amines is 1. The Labute approximate surface area is 132 Å². The summed E-state index contributed by atoms with van der Waals surface area (Å²) in [6.45, 7) is 2.35. The van der Waals surface area contributed by atoms with Gasteiger partial charge in [0.25, 0.3) is 0 Å². The first-order valence-electron chi connectivity index (χ1n) is 7.09. The molecule has 0 unspecified atom stereocenters. The molecule has 0 aliphatic carbocycles. The zero-order valence-electron chi connectivity index (χ0n) is 12.4. The second-order valence-electron chi connectivity index (χ2n) is 4.63. The third kappa shape index (κ3) is 3.34. The second-order valence-corrected chi connectivity index (χ2v) is 4.63. The summed E-state index contributed by atoms with van der Waals surface area (Å²) in [6.07, 6.45) is 0. The number of aromatic nitrogens is 4. The smallest absolute Gasteiger partial charge is 0.204 e. The highest BCUT2D eigenvalue weighted by Gasteiger charge is 2.05. The van der Waals surface area contributed by atoms with Gasteiger partial charge < -0.3 is 9.84 Å². The van der Waals surface area contributed by atoms with Gasteiger partial charge >= 0.3 is 0 Å². The first kappa shape index (κ1) is 14.7. The van der Waals surface area contributed by atoms with Crippen LogP contribution in [0.2, 0.25) is 0 Å². The molecule has 23 heavy (non-hydrogen) atoms. The summed E-state index contributed by atoms with van der Waals surface area (Å²) >= 11 is 0. The number of rotatable bonds is 5. The van der Waals surface area contributed by atoms with Gasteiger partial charge in [0.05, 0.1) is 12.3 Å². The van der Waals surface area contributed by atoms with Crippen molar-refractivity contribution in [1.82, 2.24) is 20.6 Å². The Morgan fingerprint density at radius 2 is 2.09 bits per heavy atom. The van der Waals surface area contributed by atoms with Crippen LogP contribution < -0.4 is 9.84 Å². The van der Waals surface area contributed by atoms with Gasteiger partial charge in [-0.05, 0) is 36.2 Å². The minimum absolute atomic E-state index is 0.362. The normalized spacial score (nSPS) is 11.4. The molecule has 0 radical (unpaired) electrons. The lowest BCUT2D eigenvalue weighted by Gasteiger charge is -2.15. The molecule has 0 saturated heterocycles. The Kier molecular flexibility index (Phi) is 4.28. The highest BCUT2D eigenvalue weighted by atomic mass is 16.5. The maximum atomic E-state index is 12.4. The molecule has 0 fully saturated rings. The van der Waals surface area contributed by atoms with E-state index in [4.69, 9.17) is 4.74 Å². The number of aliphatic imine (C=N–C) groups is 1. The van der Waals surface area contributed by atoms with Crippen LogP contribution >= 0.6 is 0 Å². The van der Waals surface area contributed by atoms with Crippen LogP contribution in [0.25, 0.3) is 11.4 Å². The first-order valence-corrected chi connectivity index (χ1v) is 7.09. The molecule has 0 aliphatic heterocycles. The maximum Gasteiger partial charge on any atom is 0.204 e. The van der Waals surface area contributed by atoms with E-state index in [1.807, 2.05) is 19.1 Å². The van der Waals surface area contributed by atoms with E-state index in [-0.39, 0.29) is 5.90 Å². The first-order chi connectivity index (χ1) is 11.3. The predicted octanol–water partition coefficient (Wildman–Crippen LogP) is 1.70. The summed E-state index contributed by atoms with van der Waals surface area (Å²) < 4.78 is 5.47. The molecule has 7 nitrogen and oxygen atoms in total. The molecule has 7 heteroatoms. The van der Waals surface area contributed by atoms with Crippen LogP contribution in [0.1, 0.15) is 12.5 Å². The molecular formula is C16H14N5O2-. The number of nitrogens with one attached hydrogen (secondary N) is 1. The lowest BCUT2D eigenvalue weighted by atomic mass is 10.1. The van der Waals surface area contributed by atoms with E-state index in [1.165, 1.54) is 0 Å². The van der Waals surface area contributed by atoms with Crippen LogP contribution in [-0.4, -0.2) is 33.1 Å². The van der Waals surface area contributed by atoms with E-state index in [0.717, 1.165) is 5.56 Å². The lowest BCUT2D eigenvalue weighted by molar-refractivity contribution is -0.212. The summed E-state index contributed by atoms with van der Waals surface area (Å²) in [5.41, 5.74) is 1.67. The van der Waals surface area contributed by atoms with Crippen LogP contribution in [0.5, 0.6) is 5.75 Å². The van der Waals surface area contributed by atoms with Crippen molar-refractivity contribution >= 4 is 11.6 Å². The molecule has 1 aromatic heterocycles. The van der Waals surface area contributed by atoms with Gasteiger partial charge in [-0.1, -0.05) is 30.3 Å². The molecule has 0 aliphatic rings. The number of benzene rings is 2. The van der Waals surface area contributed by atoms with Gasteiger partial charge in [-0.25, -0.2) is 0 Å². The number of nitrogens with zero attached hydrogens (tertiary/aromatic N) is 4. The summed E-state index contributed by atoms with van der Waals surface area (Å²) in [5, 5.41) is 26.1. The van der Waals surface area contributed by atoms with Crippen LogP contribution in [-0.2, 0) is 0 Å². The van der Waals surface area contributed by atoms with Gasteiger partial charge in [0.2, 0.25) is 5.82 Å². The highest BCUT2D eigenvalue weighted by Crippen LogP contribution is 2.23. The molecule has 3 aromatic rings. The van der Waals surface area contributed by atoms with Crippen LogP contribution in [0.4, 0.5) is 5.69 Å². The Balaban J connectivity index is 1.94. The van der Waals surface area contributed by atoms with E-state index in [0.29, 0.717) is 29.4 Å². The van der Waals surface area contributed by atoms with Gasteiger partial charge in [0.15, 0.2) is 0 Å². The summed E-state index contributed by atoms with van der Waals surface area (Å²) in [4.78, 5) is 4.14. The molecule has 1 N–H and O–H groups in total. The monoisotopic (exact) mass is 308 g/mol. The third-order valence-corrected chi connectivity index (χ3v) is 3.10. The van der Waals surface area contributed by atoms with Gasteiger partial charge in [0.1, 0.15) is 5.75 Å². The minimum Gasteiger partial charge on any atom is -0.858 e. The molecule has 1 heterocycles. The average molecular weight is 308 g/mol. The average Bonchev–Trinajstić information content (AvgIpc) is 3.10. The fourth-order valence-electron chi connectivity index (χ4n) is 2.10. The molecule has 0 saturated carbocycles. The zero-order chi connectivity index (χ0) is 16.1. The molecule has 3 rings (SSSR count). The van der Waals surface area contributed by atoms with E-state index < -0.39 is 0 Å². The maximum absolute atomic E-state index is 12.4. The van der Waals surface area contributed by atoms with E-state index >= 15 is 0 Å². The molecule has 0 bridgehead atoms. The predicted molar refractivity (Wildman–Crippen MR) is 83.4 cm³/mol. The molecule has 2 aromatic carbocycles. The van der Waals surface area contributed by atoms with Gasteiger partial charge in [-0.2, -0.15) is 5.21 Å². The number of para-hydroxylation sites is 1. The fourth-order valence-corrected chi connectivity index (χ4v) is 2.10. The number of hydrogen-bond donors (Lipinski definition) is 1.